The van der Waals surface area contributed by atoms with Gasteiger partial charge in [-0.1, -0.05) is 12.7 Å². The predicted octanol–water partition coefficient (Wildman–Crippen LogP) is 0.684. The van der Waals surface area contributed by atoms with Crippen LogP contribution in [-0.4, -0.2) is 28.4 Å². The Bertz CT molecular complexity index is 236. The maximum Gasteiger partial charge on any atom is 0.523 e. The second kappa shape index (κ2) is 4.85. The molecule has 0 atom stereocenters. The van der Waals surface area contributed by atoms with Gasteiger partial charge >= 0.3 is 15.6 Å². The minimum absolute atomic E-state index is 0.311. The summed E-state index contributed by atoms with van der Waals surface area (Å²) < 4.78 is 59.2. The highest BCUT2D eigenvalue weighted by molar-refractivity contribution is 7.87. The molecule has 0 saturated heterocycles. The van der Waals surface area contributed by atoms with Crippen molar-refractivity contribution in [2.24, 2.45) is 0 Å². The van der Waals surface area contributed by atoms with E-state index in [1.54, 1.807) is 0 Å². The zero-order chi connectivity index (χ0) is 10.5. The van der Waals surface area contributed by atoms with Gasteiger partial charge in [-0.25, -0.2) is 0 Å². The summed E-state index contributed by atoms with van der Waals surface area (Å²) in [6.45, 7) is -0.407. The normalized spacial score (nSPS) is 13.2. The first kappa shape index (κ1) is 12.8. The summed E-state index contributed by atoms with van der Waals surface area (Å²) in [5, 5.41) is 0. The van der Waals surface area contributed by atoms with Crippen molar-refractivity contribution in [1.29, 1.82) is 0 Å². The van der Waals surface area contributed by atoms with E-state index in [2.05, 4.69) is 4.18 Å². The predicted molar refractivity (Wildman–Crippen MR) is 43.5 cm³/mol. The van der Waals surface area contributed by atoms with E-state index in [1.165, 1.54) is 0 Å². The molecule has 0 saturated carbocycles. The minimum Gasteiger partial charge on any atom is -0.263 e. The smallest absolute Gasteiger partial charge is 0.263 e. The van der Waals surface area contributed by atoms with Crippen LogP contribution in [0.4, 0.5) is 13.2 Å². The molecule has 0 N–H and O–H groups in total. The summed E-state index contributed by atoms with van der Waals surface area (Å²) in [4.78, 5) is 0. The van der Waals surface area contributed by atoms with Gasteiger partial charge in [0.15, 0.2) is 0 Å². The number of rotatable bonds is 5. The molecule has 0 rings (SSSR count). The molecular formula is C5H10BF3O3S. The van der Waals surface area contributed by atoms with Crippen molar-refractivity contribution in [3.05, 3.63) is 0 Å². The topological polar surface area (TPSA) is 43.4 Å². The Hall–Kier alpha value is -0.235. The number of unbranched alkanes of at least 4 members (excludes halogenated alkanes) is 1. The molecule has 0 unspecified atom stereocenters. The highest BCUT2D eigenvalue weighted by Gasteiger charge is 2.47. The Morgan fingerprint density at radius 1 is 1.23 bits per heavy atom. The van der Waals surface area contributed by atoms with Crippen molar-refractivity contribution < 1.29 is 25.8 Å². The van der Waals surface area contributed by atoms with Gasteiger partial charge in [0.25, 0.3) is 0 Å². The van der Waals surface area contributed by atoms with Crippen molar-refractivity contribution in [2.75, 3.05) is 6.61 Å². The van der Waals surface area contributed by atoms with E-state index < -0.39 is 22.2 Å². The van der Waals surface area contributed by atoms with Crippen molar-refractivity contribution >= 4 is 18.0 Å². The summed E-state index contributed by atoms with van der Waals surface area (Å²) in [5.74, 6) is 0. The van der Waals surface area contributed by atoms with Crippen LogP contribution in [0.3, 0.4) is 0 Å². The number of halogens is 3. The van der Waals surface area contributed by atoms with Gasteiger partial charge in [0.1, 0.15) is 7.85 Å². The monoisotopic (exact) mass is 218 g/mol. The molecule has 0 spiro atoms. The third-order valence-electron chi connectivity index (χ3n) is 1.27. The Morgan fingerprint density at radius 3 is 2.15 bits per heavy atom. The molecule has 0 bridgehead atoms. The molecule has 0 heterocycles. The van der Waals surface area contributed by atoms with Gasteiger partial charge in [-0.2, -0.15) is 21.6 Å². The molecule has 0 radical (unpaired) electrons. The van der Waals surface area contributed by atoms with Gasteiger partial charge in [0.2, 0.25) is 0 Å². The van der Waals surface area contributed by atoms with Crippen LogP contribution in [0.5, 0.6) is 0 Å². The van der Waals surface area contributed by atoms with E-state index in [1.807, 2.05) is 7.85 Å². The van der Waals surface area contributed by atoms with E-state index >= 15 is 0 Å². The van der Waals surface area contributed by atoms with Gasteiger partial charge in [-0.05, 0) is 6.42 Å². The van der Waals surface area contributed by atoms with Gasteiger partial charge in [0, 0.05) is 0 Å². The lowest BCUT2D eigenvalue weighted by Gasteiger charge is -2.07. The van der Waals surface area contributed by atoms with Gasteiger partial charge in [-0.3, -0.25) is 4.18 Å². The van der Waals surface area contributed by atoms with Crippen molar-refractivity contribution in [2.45, 2.75) is 24.7 Å². The van der Waals surface area contributed by atoms with Gasteiger partial charge < -0.3 is 0 Å². The summed E-state index contributed by atoms with van der Waals surface area (Å²) in [6.07, 6.45) is 1.74. The van der Waals surface area contributed by atoms with Gasteiger partial charge in [-0.15, -0.1) is 0 Å². The van der Waals surface area contributed by atoms with Crippen LogP contribution in [0.15, 0.2) is 0 Å². The zero-order valence-corrected chi connectivity index (χ0v) is 7.91. The molecule has 0 aromatic rings. The SMILES string of the molecule is BCCCCOS(=O)(=O)C(F)(F)F. The summed E-state index contributed by atoms with van der Waals surface area (Å²) in [7, 11) is -3.53. The molecule has 13 heavy (non-hydrogen) atoms. The largest absolute Gasteiger partial charge is 0.523 e. The Kier molecular flexibility index (Phi) is 4.76. The van der Waals surface area contributed by atoms with Crippen molar-refractivity contribution in [1.82, 2.24) is 0 Å². The molecule has 3 nitrogen and oxygen atoms in total. The fraction of sp³-hybridized carbons (Fsp3) is 1.00. The molecule has 0 aliphatic heterocycles. The summed E-state index contributed by atoms with van der Waals surface area (Å²) >= 11 is 0. The number of hydrogen-bond donors (Lipinski definition) is 0. The van der Waals surface area contributed by atoms with E-state index in [0.29, 0.717) is 12.8 Å². The standard InChI is InChI=1S/C5H10BF3O3S/c6-3-1-2-4-12-13(10,11)5(7,8)9/h1-4,6H2. The molecule has 0 aliphatic rings. The highest BCUT2D eigenvalue weighted by atomic mass is 32.2. The van der Waals surface area contributed by atoms with E-state index in [-0.39, 0.29) is 0 Å². The van der Waals surface area contributed by atoms with Crippen molar-refractivity contribution in [3.63, 3.8) is 0 Å². The third kappa shape index (κ3) is 4.51. The lowest BCUT2D eigenvalue weighted by atomic mass is 10.0. The number of alkyl halides is 3. The lowest BCUT2D eigenvalue weighted by Crippen LogP contribution is -2.25. The van der Waals surface area contributed by atoms with E-state index in [9.17, 15) is 21.6 Å². The third-order valence-corrected chi connectivity index (χ3v) is 2.31. The van der Waals surface area contributed by atoms with Crippen LogP contribution < -0.4 is 0 Å². The Balaban J connectivity index is 3.92. The molecule has 0 fully saturated rings. The molecule has 0 amide bonds. The van der Waals surface area contributed by atoms with E-state index in [4.69, 9.17) is 0 Å². The van der Waals surface area contributed by atoms with Crippen molar-refractivity contribution in [3.8, 4) is 0 Å². The quantitative estimate of drug-likeness (QED) is 0.295. The van der Waals surface area contributed by atoms with Crippen LogP contribution in [0.25, 0.3) is 0 Å². The van der Waals surface area contributed by atoms with Crippen LogP contribution in [0.1, 0.15) is 12.8 Å². The molecule has 0 aromatic heterocycles. The van der Waals surface area contributed by atoms with Crippen LogP contribution >= 0.6 is 0 Å². The van der Waals surface area contributed by atoms with Crippen LogP contribution in [0, 0.1) is 0 Å². The maximum atomic E-state index is 11.6. The average molecular weight is 218 g/mol. The maximum absolute atomic E-state index is 11.6. The first-order valence-electron chi connectivity index (χ1n) is 3.77. The first-order chi connectivity index (χ1) is 5.81. The average Bonchev–Trinajstić information content (AvgIpc) is 1.96. The summed E-state index contributed by atoms with van der Waals surface area (Å²) in [6, 6.07) is 0. The Morgan fingerprint density at radius 2 is 1.77 bits per heavy atom. The minimum atomic E-state index is -5.38. The van der Waals surface area contributed by atoms with Gasteiger partial charge in [0.05, 0.1) is 6.61 Å². The molecule has 0 aliphatic carbocycles. The van der Waals surface area contributed by atoms with Crippen LogP contribution in [-0.2, 0) is 14.3 Å². The number of hydrogen-bond acceptors (Lipinski definition) is 3. The second-order valence-electron chi connectivity index (χ2n) is 2.43. The van der Waals surface area contributed by atoms with E-state index in [0.717, 1.165) is 6.32 Å². The molecule has 0 aromatic carbocycles. The molecule has 78 valence electrons. The first-order valence-corrected chi connectivity index (χ1v) is 5.18. The fourth-order valence-electron chi connectivity index (χ4n) is 0.588. The lowest BCUT2D eigenvalue weighted by molar-refractivity contribution is -0.0542. The summed E-state index contributed by atoms with van der Waals surface area (Å²) in [5.41, 5.74) is -5.31. The molecular weight excluding hydrogens is 208 g/mol. The van der Waals surface area contributed by atoms with Crippen LogP contribution in [0.2, 0.25) is 6.32 Å². The molecule has 8 heteroatoms. The zero-order valence-electron chi connectivity index (χ0n) is 7.10. The highest BCUT2D eigenvalue weighted by Crippen LogP contribution is 2.24. The second-order valence-corrected chi connectivity index (χ2v) is 4.04. The Labute approximate surface area is 75.8 Å². The fourth-order valence-corrected chi connectivity index (χ4v) is 1.06.